The van der Waals surface area contributed by atoms with Crippen LogP contribution < -0.4 is 16.0 Å². The predicted octanol–water partition coefficient (Wildman–Crippen LogP) is 1.82. The van der Waals surface area contributed by atoms with Crippen LogP contribution >= 0.6 is 0 Å². The highest BCUT2D eigenvalue weighted by molar-refractivity contribution is 5.31. The standard InChI is InChI=1S/C14H18N4O/c1-2-7-19-12-8-11(9-16-10-12)14(18-15)13-5-3-4-6-17-13/h3-6,8-10,14,18H,2,7,15H2,1H3. The number of hydrogen-bond donors (Lipinski definition) is 2. The topological polar surface area (TPSA) is 73.1 Å². The lowest BCUT2D eigenvalue weighted by atomic mass is 10.1. The maximum atomic E-state index is 5.63. The van der Waals surface area contributed by atoms with E-state index in [9.17, 15) is 0 Å². The molecule has 0 aliphatic carbocycles. The van der Waals surface area contributed by atoms with E-state index in [-0.39, 0.29) is 6.04 Å². The third kappa shape index (κ3) is 3.49. The molecule has 0 aliphatic heterocycles. The summed E-state index contributed by atoms with van der Waals surface area (Å²) < 4.78 is 5.57. The minimum Gasteiger partial charge on any atom is -0.492 e. The van der Waals surface area contributed by atoms with Crippen LogP contribution in [-0.4, -0.2) is 16.6 Å². The minimum atomic E-state index is -0.195. The van der Waals surface area contributed by atoms with Gasteiger partial charge >= 0.3 is 0 Å². The number of hydrazine groups is 1. The molecule has 2 aromatic rings. The molecule has 0 saturated heterocycles. The van der Waals surface area contributed by atoms with E-state index >= 15 is 0 Å². The number of nitrogens with zero attached hydrogens (tertiary/aromatic N) is 2. The van der Waals surface area contributed by atoms with Gasteiger partial charge in [0.1, 0.15) is 5.75 Å². The fraction of sp³-hybridized carbons (Fsp3) is 0.286. The SMILES string of the molecule is CCCOc1cncc(C(NN)c2ccccn2)c1. The molecule has 5 heteroatoms. The summed E-state index contributed by atoms with van der Waals surface area (Å²) in [6.45, 7) is 2.74. The molecule has 0 aliphatic rings. The number of nitrogens with two attached hydrogens (primary N) is 1. The molecule has 0 saturated carbocycles. The summed E-state index contributed by atoms with van der Waals surface area (Å²) in [5.41, 5.74) is 4.53. The fourth-order valence-corrected chi connectivity index (χ4v) is 1.79. The van der Waals surface area contributed by atoms with Crippen molar-refractivity contribution in [2.75, 3.05) is 6.61 Å². The van der Waals surface area contributed by atoms with Crippen LogP contribution in [-0.2, 0) is 0 Å². The van der Waals surface area contributed by atoms with Crippen LogP contribution in [0, 0.1) is 0 Å². The summed E-state index contributed by atoms with van der Waals surface area (Å²) >= 11 is 0. The Balaban J connectivity index is 2.23. The van der Waals surface area contributed by atoms with Crippen molar-refractivity contribution in [1.82, 2.24) is 15.4 Å². The molecule has 0 spiro atoms. The quantitative estimate of drug-likeness (QED) is 0.610. The lowest BCUT2D eigenvalue weighted by Gasteiger charge is -2.16. The molecule has 0 fully saturated rings. The number of ether oxygens (including phenoxy) is 1. The van der Waals surface area contributed by atoms with Gasteiger partial charge in [0, 0.05) is 12.4 Å². The Labute approximate surface area is 112 Å². The Morgan fingerprint density at radius 2 is 2.26 bits per heavy atom. The molecular formula is C14H18N4O. The second-order valence-corrected chi connectivity index (χ2v) is 4.16. The highest BCUT2D eigenvalue weighted by Crippen LogP contribution is 2.22. The molecular weight excluding hydrogens is 240 g/mol. The number of pyridine rings is 2. The molecule has 100 valence electrons. The van der Waals surface area contributed by atoms with Crippen LogP contribution in [0.4, 0.5) is 0 Å². The number of aromatic nitrogens is 2. The molecule has 19 heavy (non-hydrogen) atoms. The Kier molecular flexibility index (Phi) is 4.83. The zero-order valence-corrected chi connectivity index (χ0v) is 10.9. The van der Waals surface area contributed by atoms with E-state index in [0.29, 0.717) is 6.61 Å². The summed E-state index contributed by atoms with van der Waals surface area (Å²) in [4.78, 5) is 8.49. The summed E-state index contributed by atoms with van der Waals surface area (Å²) in [5.74, 6) is 6.37. The van der Waals surface area contributed by atoms with E-state index in [2.05, 4.69) is 22.3 Å². The van der Waals surface area contributed by atoms with Crippen molar-refractivity contribution >= 4 is 0 Å². The summed E-state index contributed by atoms with van der Waals surface area (Å²) in [6.07, 6.45) is 6.16. The average molecular weight is 258 g/mol. The summed E-state index contributed by atoms with van der Waals surface area (Å²) in [5, 5.41) is 0. The molecule has 0 aromatic carbocycles. The first kappa shape index (κ1) is 13.5. The monoisotopic (exact) mass is 258 g/mol. The third-order valence-corrected chi connectivity index (χ3v) is 2.69. The Morgan fingerprint density at radius 1 is 1.37 bits per heavy atom. The second-order valence-electron chi connectivity index (χ2n) is 4.16. The summed E-state index contributed by atoms with van der Waals surface area (Å²) in [6, 6.07) is 7.46. The molecule has 2 rings (SSSR count). The maximum absolute atomic E-state index is 5.63. The Morgan fingerprint density at radius 3 is 2.95 bits per heavy atom. The van der Waals surface area contributed by atoms with Crippen LogP contribution in [0.25, 0.3) is 0 Å². The largest absolute Gasteiger partial charge is 0.492 e. The van der Waals surface area contributed by atoms with Crippen LogP contribution in [0.2, 0.25) is 0 Å². The van der Waals surface area contributed by atoms with Gasteiger partial charge in [0.15, 0.2) is 0 Å². The molecule has 0 bridgehead atoms. The highest BCUT2D eigenvalue weighted by Gasteiger charge is 2.14. The van der Waals surface area contributed by atoms with Gasteiger partial charge in [-0.15, -0.1) is 0 Å². The normalized spacial score (nSPS) is 12.1. The summed E-state index contributed by atoms with van der Waals surface area (Å²) in [7, 11) is 0. The highest BCUT2D eigenvalue weighted by atomic mass is 16.5. The molecule has 5 nitrogen and oxygen atoms in total. The lowest BCUT2D eigenvalue weighted by molar-refractivity contribution is 0.315. The first-order chi connectivity index (χ1) is 9.35. The first-order valence-corrected chi connectivity index (χ1v) is 6.30. The molecule has 3 N–H and O–H groups in total. The fourth-order valence-electron chi connectivity index (χ4n) is 1.79. The van der Waals surface area contributed by atoms with Crippen LogP contribution in [0.3, 0.4) is 0 Å². The van der Waals surface area contributed by atoms with E-state index in [1.165, 1.54) is 0 Å². The molecule has 1 unspecified atom stereocenters. The Hall–Kier alpha value is -1.98. The Bertz CT molecular complexity index is 504. The van der Waals surface area contributed by atoms with Crippen molar-refractivity contribution in [3.63, 3.8) is 0 Å². The average Bonchev–Trinajstić information content (AvgIpc) is 2.47. The van der Waals surface area contributed by atoms with Gasteiger partial charge in [-0.2, -0.15) is 0 Å². The van der Waals surface area contributed by atoms with E-state index < -0.39 is 0 Å². The van der Waals surface area contributed by atoms with Gasteiger partial charge < -0.3 is 4.74 Å². The number of hydrogen-bond acceptors (Lipinski definition) is 5. The lowest BCUT2D eigenvalue weighted by Crippen LogP contribution is -2.29. The first-order valence-electron chi connectivity index (χ1n) is 6.30. The van der Waals surface area contributed by atoms with Gasteiger partial charge in [0.05, 0.1) is 24.5 Å². The van der Waals surface area contributed by atoms with Crippen molar-refractivity contribution in [3.8, 4) is 5.75 Å². The van der Waals surface area contributed by atoms with Crippen molar-refractivity contribution in [1.29, 1.82) is 0 Å². The number of rotatable bonds is 6. The maximum Gasteiger partial charge on any atom is 0.137 e. The predicted molar refractivity (Wildman–Crippen MR) is 73.4 cm³/mol. The molecule has 2 aromatic heterocycles. The van der Waals surface area contributed by atoms with Crippen LogP contribution in [0.1, 0.15) is 30.6 Å². The third-order valence-electron chi connectivity index (χ3n) is 2.69. The van der Waals surface area contributed by atoms with E-state index in [1.54, 1.807) is 18.6 Å². The molecule has 0 amide bonds. The second kappa shape index (κ2) is 6.82. The van der Waals surface area contributed by atoms with Crippen LogP contribution in [0.5, 0.6) is 5.75 Å². The van der Waals surface area contributed by atoms with E-state index in [4.69, 9.17) is 10.6 Å². The molecule has 0 radical (unpaired) electrons. The van der Waals surface area contributed by atoms with Gasteiger partial charge in [-0.05, 0) is 30.2 Å². The van der Waals surface area contributed by atoms with Gasteiger partial charge in [-0.3, -0.25) is 15.8 Å². The van der Waals surface area contributed by atoms with Gasteiger partial charge in [0.25, 0.3) is 0 Å². The minimum absolute atomic E-state index is 0.195. The zero-order chi connectivity index (χ0) is 13.5. The smallest absolute Gasteiger partial charge is 0.137 e. The van der Waals surface area contributed by atoms with Gasteiger partial charge in [-0.25, -0.2) is 5.43 Å². The van der Waals surface area contributed by atoms with Gasteiger partial charge in [-0.1, -0.05) is 13.0 Å². The number of nitrogens with one attached hydrogen (secondary N) is 1. The van der Waals surface area contributed by atoms with E-state index in [1.807, 2.05) is 24.3 Å². The zero-order valence-electron chi connectivity index (χ0n) is 10.9. The van der Waals surface area contributed by atoms with Gasteiger partial charge in [0.2, 0.25) is 0 Å². The van der Waals surface area contributed by atoms with Crippen molar-refractivity contribution in [2.45, 2.75) is 19.4 Å². The van der Waals surface area contributed by atoms with Crippen molar-refractivity contribution < 1.29 is 4.74 Å². The molecule has 1 atom stereocenters. The van der Waals surface area contributed by atoms with Crippen molar-refractivity contribution in [3.05, 3.63) is 54.1 Å². The van der Waals surface area contributed by atoms with E-state index in [0.717, 1.165) is 23.4 Å². The van der Waals surface area contributed by atoms with Crippen molar-refractivity contribution in [2.24, 2.45) is 5.84 Å². The van der Waals surface area contributed by atoms with Crippen LogP contribution in [0.15, 0.2) is 42.9 Å². The molecule has 2 heterocycles.